The van der Waals surface area contributed by atoms with Gasteiger partial charge in [0.25, 0.3) is 0 Å². The molecule has 0 radical (unpaired) electrons. The molecule has 0 spiro atoms. The summed E-state index contributed by atoms with van der Waals surface area (Å²) in [5.41, 5.74) is 0. The van der Waals surface area contributed by atoms with Crippen molar-refractivity contribution >= 4 is 5.97 Å². The molecule has 1 N–H and O–H groups in total. The molecule has 4 nitrogen and oxygen atoms in total. The van der Waals surface area contributed by atoms with Crippen LogP contribution in [0.2, 0.25) is 0 Å². The Bertz CT molecular complexity index is 669. The molecule has 0 amide bonds. The lowest BCUT2D eigenvalue weighted by atomic mass is 9.75. The first-order valence-corrected chi connectivity index (χ1v) is 14.8. The van der Waals surface area contributed by atoms with E-state index in [1.54, 1.807) is 0 Å². The second-order valence-corrected chi connectivity index (χ2v) is 11.1. The van der Waals surface area contributed by atoms with Crippen molar-refractivity contribution in [2.75, 3.05) is 13.2 Å². The van der Waals surface area contributed by atoms with Gasteiger partial charge in [-0.15, -0.1) is 11.8 Å². The minimum atomic E-state index is -0.700. The highest BCUT2D eigenvalue weighted by Gasteiger charge is 2.47. The normalized spacial score (nSPS) is 26.3. The van der Waals surface area contributed by atoms with Crippen molar-refractivity contribution in [3.05, 3.63) is 12.2 Å². The van der Waals surface area contributed by atoms with E-state index in [4.69, 9.17) is 14.6 Å². The predicted octanol–water partition coefficient (Wildman–Crippen LogP) is 7.70. The van der Waals surface area contributed by atoms with Crippen molar-refractivity contribution in [2.24, 2.45) is 17.8 Å². The lowest BCUT2D eigenvalue weighted by molar-refractivity contribution is -0.137. The molecular formula is C31H50O4. The van der Waals surface area contributed by atoms with Crippen LogP contribution in [-0.4, -0.2) is 36.5 Å². The fraction of sp³-hybridized carbons (Fsp3) is 0.839. The molecule has 1 aliphatic carbocycles. The maximum atomic E-state index is 10.6. The van der Waals surface area contributed by atoms with Crippen molar-refractivity contribution < 1.29 is 19.4 Å². The fourth-order valence-corrected chi connectivity index (χ4v) is 6.37. The third-order valence-electron chi connectivity index (χ3n) is 8.37. The zero-order valence-corrected chi connectivity index (χ0v) is 22.1. The lowest BCUT2D eigenvalue weighted by Gasteiger charge is -2.27. The highest BCUT2D eigenvalue weighted by molar-refractivity contribution is 5.66. The zero-order chi connectivity index (χ0) is 24.6. The average Bonchev–Trinajstić information content (AvgIpc) is 3.47. The average molecular weight is 487 g/mol. The topological polar surface area (TPSA) is 55.8 Å². The van der Waals surface area contributed by atoms with E-state index in [1.165, 1.54) is 64.2 Å². The second kappa shape index (κ2) is 17.2. The van der Waals surface area contributed by atoms with Gasteiger partial charge in [0.2, 0.25) is 0 Å². The van der Waals surface area contributed by atoms with E-state index < -0.39 is 5.97 Å². The van der Waals surface area contributed by atoms with Gasteiger partial charge in [-0.05, 0) is 82.0 Å². The number of unbranched alkanes of at least 4 members (excludes halogenated alkanes) is 4. The molecule has 2 heterocycles. The van der Waals surface area contributed by atoms with Gasteiger partial charge >= 0.3 is 5.97 Å². The molecule has 3 fully saturated rings. The van der Waals surface area contributed by atoms with Gasteiger partial charge in [0, 0.05) is 32.5 Å². The van der Waals surface area contributed by atoms with Crippen LogP contribution in [0.15, 0.2) is 12.2 Å². The molecule has 198 valence electrons. The monoisotopic (exact) mass is 486 g/mol. The lowest BCUT2D eigenvalue weighted by Crippen LogP contribution is -2.26. The molecular weight excluding hydrogens is 436 g/mol. The van der Waals surface area contributed by atoms with Gasteiger partial charge in [-0.1, -0.05) is 50.7 Å². The van der Waals surface area contributed by atoms with Gasteiger partial charge in [-0.2, -0.15) is 0 Å². The number of aliphatic carboxylic acids is 1. The molecule has 2 saturated heterocycles. The summed E-state index contributed by atoms with van der Waals surface area (Å²) >= 11 is 0. The van der Waals surface area contributed by atoms with E-state index in [-0.39, 0.29) is 6.42 Å². The van der Waals surface area contributed by atoms with Crippen molar-refractivity contribution in [1.29, 1.82) is 0 Å². The van der Waals surface area contributed by atoms with Crippen LogP contribution in [0.5, 0.6) is 0 Å². The molecule has 0 aromatic carbocycles. The van der Waals surface area contributed by atoms with Gasteiger partial charge in [0.15, 0.2) is 0 Å². The fourth-order valence-electron chi connectivity index (χ4n) is 6.37. The van der Waals surface area contributed by atoms with E-state index in [0.717, 1.165) is 70.5 Å². The van der Waals surface area contributed by atoms with Crippen LogP contribution < -0.4 is 0 Å². The molecule has 4 atom stereocenters. The van der Waals surface area contributed by atoms with E-state index in [1.807, 2.05) is 0 Å². The minimum Gasteiger partial charge on any atom is -0.481 e. The smallest absolute Gasteiger partial charge is 0.303 e. The number of hydrogen-bond donors (Lipinski definition) is 1. The van der Waals surface area contributed by atoms with E-state index >= 15 is 0 Å². The van der Waals surface area contributed by atoms with Crippen molar-refractivity contribution in [3.8, 4) is 11.8 Å². The molecule has 1 saturated carbocycles. The van der Waals surface area contributed by atoms with Crippen molar-refractivity contribution in [3.63, 3.8) is 0 Å². The molecule has 0 unspecified atom stereocenters. The van der Waals surface area contributed by atoms with Crippen LogP contribution in [0.3, 0.4) is 0 Å². The summed E-state index contributed by atoms with van der Waals surface area (Å²) in [6, 6.07) is 0. The minimum absolute atomic E-state index is 0.265. The largest absolute Gasteiger partial charge is 0.481 e. The molecule has 2 bridgehead atoms. The predicted molar refractivity (Wildman–Crippen MR) is 142 cm³/mol. The molecule has 35 heavy (non-hydrogen) atoms. The number of carboxylic acids is 1. The molecule has 0 aromatic heterocycles. The molecule has 3 aliphatic rings. The van der Waals surface area contributed by atoms with E-state index in [9.17, 15) is 4.79 Å². The zero-order valence-electron chi connectivity index (χ0n) is 22.1. The number of carbonyl (C=O) groups is 1. The molecule has 2 aliphatic heterocycles. The Kier molecular flexibility index (Phi) is 13.9. The van der Waals surface area contributed by atoms with Gasteiger partial charge in [-0.25, -0.2) is 0 Å². The standard InChI is InChI=1S/C31H50O4/c32-31(33)21-12-5-4-11-19-27-28(30-23-22-29(27)35-30)20-13-15-25-34-24-14-6-2-1-3-8-16-26-17-9-7-10-18-26/h4,11,26-30H,2,5-10,12-25H2,(H,32,33)/t27-,28+,29-,30+/m0/s1. The number of hydrogen-bond acceptors (Lipinski definition) is 3. The summed E-state index contributed by atoms with van der Waals surface area (Å²) in [7, 11) is 0. The SMILES string of the molecule is O=C(O)CCCC=CC[C@H]1[C@@H](CCCCOCCCCC#CCCC2CCCCC2)[C@H]2CC[C@@H]1O2. The summed E-state index contributed by atoms with van der Waals surface area (Å²) in [4.78, 5) is 10.6. The Hall–Kier alpha value is -1.31. The highest BCUT2D eigenvalue weighted by Crippen LogP contribution is 2.47. The van der Waals surface area contributed by atoms with Crippen LogP contribution in [0.1, 0.15) is 122 Å². The summed E-state index contributed by atoms with van der Waals surface area (Å²) < 4.78 is 12.1. The first-order valence-electron chi connectivity index (χ1n) is 14.8. The van der Waals surface area contributed by atoms with E-state index in [0.29, 0.717) is 24.0 Å². The Labute approximate surface area is 214 Å². The number of allylic oxidation sites excluding steroid dienone is 2. The van der Waals surface area contributed by atoms with Gasteiger partial charge in [-0.3, -0.25) is 4.79 Å². The number of fused-ring (bicyclic) bond motifs is 2. The van der Waals surface area contributed by atoms with Crippen LogP contribution in [0, 0.1) is 29.6 Å². The van der Waals surface area contributed by atoms with Crippen molar-refractivity contribution in [1.82, 2.24) is 0 Å². The second-order valence-electron chi connectivity index (χ2n) is 11.1. The van der Waals surface area contributed by atoms with Crippen LogP contribution in [0.4, 0.5) is 0 Å². The third-order valence-corrected chi connectivity index (χ3v) is 8.37. The summed E-state index contributed by atoms with van der Waals surface area (Å²) in [6.45, 7) is 1.75. The Balaban J connectivity index is 1.15. The third kappa shape index (κ3) is 11.1. The summed E-state index contributed by atoms with van der Waals surface area (Å²) in [5.74, 6) is 8.35. The Morgan fingerprint density at radius 3 is 2.37 bits per heavy atom. The maximum Gasteiger partial charge on any atom is 0.303 e. The van der Waals surface area contributed by atoms with Gasteiger partial charge < -0.3 is 14.6 Å². The molecule has 0 aromatic rings. The van der Waals surface area contributed by atoms with Crippen LogP contribution >= 0.6 is 0 Å². The quantitative estimate of drug-likeness (QED) is 0.130. The van der Waals surface area contributed by atoms with Gasteiger partial charge in [0.1, 0.15) is 0 Å². The molecule has 4 heteroatoms. The van der Waals surface area contributed by atoms with Crippen LogP contribution in [0.25, 0.3) is 0 Å². The Morgan fingerprint density at radius 1 is 0.829 bits per heavy atom. The maximum absolute atomic E-state index is 10.6. The first-order chi connectivity index (χ1) is 17.2. The number of ether oxygens (including phenoxy) is 2. The number of rotatable bonds is 17. The van der Waals surface area contributed by atoms with E-state index in [2.05, 4.69) is 24.0 Å². The highest BCUT2D eigenvalue weighted by atomic mass is 16.5. The molecule has 3 rings (SSSR count). The van der Waals surface area contributed by atoms with Crippen LogP contribution in [-0.2, 0) is 14.3 Å². The number of carboxylic acid groups (broad SMARTS) is 1. The summed E-state index contributed by atoms with van der Waals surface area (Å²) in [6.07, 6.45) is 27.3. The Morgan fingerprint density at radius 2 is 1.57 bits per heavy atom. The van der Waals surface area contributed by atoms with Gasteiger partial charge in [0.05, 0.1) is 12.2 Å². The van der Waals surface area contributed by atoms with Crippen molar-refractivity contribution in [2.45, 2.75) is 134 Å². The summed E-state index contributed by atoms with van der Waals surface area (Å²) in [5, 5.41) is 8.74. The first kappa shape index (κ1) is 28.3.